The minimum atomic E-state index is -0.00358. The third-order valence-electron chi connectivity index (χ3n) is 5.29. The number of carbonyl (C=O) groups excluding carboxylic acids is 2. The summed E-state index contributed by atoms with van der Waals surface area (Å²) in [7, 11) is 0. The Morgan fingerprint density at radius 1 is 0.931 bits per heavy atom. The standard InChI is InChI=1S/C23H25N3O3/c27-22-14-13-21(24-26(22)19-7-3-1-4-8-19)18-9-11-20(12-10-18)29-17-23(28)25-15-5-2-6-16-25/h1,3-4,7-12H,2,5-6,13-17H2. The van der Waals surface area contributed by atoms with Crippen molar-refractivity contribution in [2.24, 2.45) is 5.10 Å². The van der Waals surface area contributed by atoms with Gasteiger partial charge in [-0.3, -0.25) is 9.59 Å². The number of ether oxygens (including phenoxy) is 1. The summed E-state index contributed by atoms with van der Waals surface area (Å²) in [4.78, 5) is 26.4. The first kappa shape index (κ1) is 19.2. The number of hydrogen-bond donors (Lipinski definition) is 0. The number of nitrogens with zero attached hydrogens (tertiary/aromatic N) is 3. The fraction of sp³-hybridized carbons (Fsp3) is 0.348. The molecule has 2 aliphatic rings. The lowest BCUT2D eigenvalue weighted by Gasteiger charge is -2.26. The van der Waals surface area contributed by atoms with Gasteiger partial charge in [0.15, 0.2) is 6.61 Å². The quantitative estimate of drug-likeness (QED) is 0.782. The Bertz CT molecular complexity index is 887. The van der Waals surface area contributed by atoms with E-state index in [4.69, 9.17) is 4.74 Å². The van der Waals surface area contributed by atoms with E-state index in [1.165, 1.54) is 11.4 Å². The van der Waals surface area contributed by atoms with E-state index in [1.807, 2.05) is 59.5 Å². The van der Waals surface area contributed by atoms with Crippen LogP contribution in [-0.4, -0.2) is 42.1 Å². The molecule has 0 aliphatic carbocycles. The van der Waals surface area contributed by atoms with Crippen LogP contribution in [0.15, 0.2) is 59.7 Å². The molecule has 0 radical (unpaired) electrons. The summed E-state index contributed by atoms with van der Waals surface area (Å²) in [6, 6.07) is 17.0. The van der Waals surface area contributed by atoms with Crippen LogP contribution in [0.2, 0.25) is 0 Å². The number of carbonyl (C=O) groups is 2. The molecule has 1 fully saturated rings. The zero-order valence-electron chi connectivity index (χ0n) is 16.4. The van der Waals surface area contributed by atoms with Gasteiger partial charge in [0.25, 0.3) is 5.91 Å². The average Bonchev–Trinajstić information content (AvgIpc) is 2.79. The monoisotopic (exact) mass is 391 g/mol. The second-order valence-corrected chi connectivity index (χ2v) is 7.34. The predicted molar refractivity (Wildman–Crippen MR) is 112 cm³/mol. The number of anilines is 1. The third-order valence-corrected chi connectivity index (χ3v) is 5.29. The van der Waals surface area contributed by atoms with Gasteiger partial charge in [0.1, 0.15) is 5.75 Å². The maximum Gasteiger partial charge on any atom is 0.260 e. The Labute approximate surface area is 170 Å². The van der Waals surface area contributed by atoms with E-state index in [-0.39, 0.29) is 18.4 Å². The lowest BCUT2D eigenvalue weighted by atomic mass is 10.0. The molecule has 1 saturated heterocycles. The normalized spacial score (nSPS) is 17.1. The molecular formula is C23H25N3O3. The Kier molecular flexibility index (Phi) is 5.89. The third kappa shape index (κ3) is 4.65. The van der Waals surface area contributed by atoms with E-state index in [0.29, 0.717) is 18.6 Å². The molecular weight excluding hydrogens is 366 g/mol. The Morgan fingerprint density at radius 2 is 1.66 bits per heavy atom. The molecule has 2 amide bonds. The van der Waals surface area contributed by atoms with Crippen LogP contribution in [0.25, 0.3) is 0 Å². The molecule has 150 valence electrons. The lowest BCUT2D eigenvalue weighted by Crippen LogP contribution is -2.38. The summed E-state index contributed by atoms with van der Waals surface area (Å²) in [6.45, 7) is 1.73. The first-order valence-corrected chi connectivity index (χ1v) is 10.2. The molecule has 0 bridgehead atoms. The SMILES string of the molecule is O=C(COc1ccc(C2=NN(c3ccccc3)C(=O)CC2)cc1)N1CCCCC1. The first-order chi connectivity index (χ1) is 14.2. The average molecular weight is 391 g/mol. The molecule has 2 heterocycles. The molecule has 2 aromatic carbocycles. The number of rotatable bonds is 5. The van der Waals surface area contributed by atoms with E-state index in [9.17, 15) is 9.59 Å². The number of amides is 2. The molecule has 0 atom stereocenters. The molecule has 29 heavy (non-hydrogen) atoms. The zero-order valence-corrected chi connectivity index (χ0v) is 16.4. The Morgan fingerprint density at radius 3 is 2.38 bits per heavy atom. The van der Waals surface area contributed by atoms with Crippen LogP contribution < -0.4 is 9.75 Å². The van der Waals surface area contributed by atoms with E-state index >= 15 is 0 Å². The van der Waals surface area contributed by atoms with Gasteiger partial charge in [0.05, 0.1) is 11.4 Å². The maximum atomic E-state index is 12.3. The van der Waals surface area contributed by atoms with Gasteiger partial charge < -0.3 is 9.64 Å². The highest BCUT2D eigenvalue weighted by Gasteiger charge is 2.22. The summed E-state index contributed by atoms with van der Waals surface area (Å²) in [5.74, 6) is 0.699. The van der Waals surface area contributed by atoms with Crippen LogP contribution >= 0.6 is 0 Å². The van der Waals surface area contributed by atoms with Crippen molar-refractivity contribution in [1.29, 1.82) is 0 Å². The van der Waals surface area contributed by atoms with E-state index in [0.717, 1.165) is 42.9 Å². The van der Waals surface area contributed by atoms with Crippen LogP contribution in [0.5, 0.6) is 5.75 Å². The van der Waals surface area contributed by atoms with E-state index < -0.39 is 0 Å². The number of benzene rings is 2. The summed E-state index contributed by atoms with van der Waals surface area (Å²) in [6.07, 6.45) is 4.38. The lowest BCUT2D eigenvalue weighted by molar-refractivity contribution is -0.134. The topological polar surface area (TPSA) is 62.2 Å². The van der Waals surface area contributed by atoms with Crippen molar-refractivity contribution >= 4 is 23.2 Å². The van der Waals surface area contributed by atoms with Crippen molar-refractivity contribution in [2.45, 2.75) is 32.1 Å². The van der Waals surface area contributed by atoms with Crippen molar-refractivity contribution < 1.29 is 14.3 Å². The maximum absolute atomic E-state index is 12.3. The van der Waals surface area contributed by atoms with E-state index in [2.05, 4.69) is 5.10 Å². The van der Waals surface area contributed by atoms with Gasteiger partial charge in [-0.25, -0.2) is 5.01 Å². The molecule has 0 unspecified atom stereocenters. The van der Waals surface area contributed by atoms with Crippen LogP contribution in [-0.2, 0) is 9.59 Å². The summed E-state index contributed by atoms with van der Waals surface area (Å²) >= 11 is 0. The van der Waals surface area contributed by atoms with Crippen molar-refractivity contribution in [3.63, 3.8) is 0 Å². The largest absolute Gasteiger partial charge is 0.484 e. The van der Waals surface area contributed by atoms with Crippen LogP contribution in [0, 0.1) is 0 Å². The van der Waals surface area contributed by atoms with Crippen molar-refractivity contribution in [1.82, 2.24) is 4.90 Å². The second kappa shape index (κ2) is 8.90. The van der Waals surface area contributed by atoms with Crippen molar-refractivity contribution in [3.8, 4) is 5.75 Å². The van der Waals surface area contributed by atoms with Gasteiger partial charge in [0, 0.05) is 25.9 Å². The van der Waals surface area contributed by atoms with Crippen molar-refractivity contribution in [2.75, 3.05) is 24.7 Å². The molecule has 0 spiro atoms. The predicted octanol–water partition coefficient (Wildman–Crippen LogP) is 3.61. The fourth-order valence-electron chi connectivity index (χ4n) is 3.65. The van der Waals surface area contributed by atoms with Crippen LogP contribution in [0.4, 0.5) is 5.69 Å². The van der Waals surface area contributed by atoms with Gasteiger partial charge in [-0.1, -0.05) is 18.2 Å². The minimum Gasteiger partial charge on any atom is -0.484 e. The van der Waals surface area contributed by atoms with Gasteiger partial charge in [-0.05, 0) is 61.2 Å². The molecule has 2 aliphatic heterocycles. The second-order valence-electron chi connectivity index (χ2n) is 7.34. The van der Waals surface area contributed by atoms with Crippen LogP contribution in [0.3, 0.4) is 0 Å². The van der Waals surface area contributed by atoms with Crippen LogP contribution in [0.1, 0.15) is 37.7 Å². The van der Waals surface area contributed by atoms with Crippen molar-refractivity contribution in [3.05, 3.63) is 60.2 Å². The molecule has 0 aromatic heterocycles. The van der Waals surface area contributed by atoms with Gasteiger partial charge in [-0.15, -0.1) is 0 Å². The summed E-state index contributed by atoms with van der Waals surface area (Å²) in [5.41, 5.74) is 2.59. The molecule has 6 nitrogen and oxygen atoms in total. The number of hydrazone groups is 1. The van der Waals surface area contributed by atoms with Gasteiger partial charge >= 0.3 is 0 Å². The van der Waals surface area contributed by atoms with E-state index in [1.54, 1.807) is 0 Å². The summed E-state index contributed by atoms with van der Waals surface area (Å²) < 4.78 is 5.68. The Hall–Kier alpha value is -3.15. The Balaban J connectivity index is 1.40. The fourth-order valence-corrected chi connectivity index (χ4v) is 3.65. The first-order valence-electron chi connectivity index (χ1n) is 10.2. The van der Waals surface area contributed by atoms with Gasteiger partial charge in [-0.2, -0.15) is 5.10 Å². The van der Waals surface area contributed by atoms with Gasteiger partial charge in [0.2, 0.25) is 5.91 Å². The highest BCUT2D eigenvalue weighted by Crippen LogP contribution is 2.23. The smallest absolute Gasteiger partial charge is 0.260 e. The minimum absolute atomic E-state index is 0.00358. The highest BCUT2D eigenvalue weighted by atomic mass is 16.5. The number of piperidine rings is 1. The number of para-hydroxylation sites is 1. The molecule has 0 saturated carbocycles. The molecule has 4 rings (SSSR count). The summed E-state index contributed by atoms with van der Waals surface area (Å²) in [5, 5.41) is 6.04. The number of likely N-dealkylation sites (tertiary alicyclic amines) is 1. The zero-order chi connectivity index (χ0) is 20.1. The molecule has 6 heteroatoms. The molecule has 2 aromatic rings. The highest BCUT2D eigenvalue weighted by molar-refractivity contribution is 6.08. The molecule has 0 N–H and O–H groups in total. The number of hydrogen-bond acceptors (Lipinski definition) is 4.